The lowest BCUT2D eigenvalue weighted by Gasteiger charge is -2.13. The summed E-state index contributed by atoms with van der Waals surface area (Å²) >= 11 is 0. The van der Waals surface area contributed by atoms with Crippen LogP contribution >= 0.6 is 0 Å². The molecule has 0 aliphatic heterocycles. The predicted molar refractivity (Wildman–Crippen MR) is 83.0 cm³/mol. The van der Waals surface area contributed by atoms with E-state index >= 15 is 0 Å². The van der Waals surface area contributed by atoms with Gasteiger partial charge in [0.2, 0.25) is 0 Å². The van der Waals surface area contributed by atoms with Gasteiger partial charge in [-0.1, -0.05) is 18.2 Å². The Balaban J connectivity index is 2.21. The fourth-order valence-corrected chi connectivity index (χ4v) is 2.40. The lowest BCUT2D eigenvalue weighted by Crippen LogP contribution is -2.06. The van der Waals surface area contributed by atoms with Crippen LogP contribution < -0.4 is 5.32 Å². The van der Waals surface area contributed by atoms with Crippen molar-refractivity contribution in [3.8, 4) is 5.75 Å². The summed E-state index contributed by atoms with van der Waals surface area (Å²) in [6.45, 7) is 6.09. The number of carboxylic acids is 1. The Hall–Kier alpha value is -2.49. The number of carbonyl (C=O) groups is 1. The van der Waals surface area contributed by atoms with Gasteiger partial charge in [-0.3, -0.25) is 0 Å². The van der Waals surface area contributed by atoms with E-state index in [1.54, 1.807) is 19.1 Å². The fraction of sp³-hybridized carbons (Fsp3) is 0.235. The van der Waals surface area contributed by atoms with Crippen molar-refractivity contribution in [3.05, 3.63) is 58.1 Å². The van der Waals surface area contributed by atoms with Crippen molar-refractivity contribution in [2.45, 2.75) is 27.3 Å². The number of hydrogen-bond donors (Lipinski definition) is 3. The topological polar surface area (TPSA) is 69.6 Å². The van der Waals surface area contributed by atoms with Gasteiger partial charge in [0.05, 0.1) is 5.56 Å². The Morgan fingerprint density at radius 2 is 1.76 bits per heavy atom. The summed E-state index contributed by atoms with van der Waals surface area (Å²) in [4.78, 5) is 11.1. The summed E-state index contributed by atoms with van der Waals surface area (Å²) in [5.74, 6) is -0.602. The first-order chi connectivity index (χ1) is 9.90. The van der Waals surface area contributed by atoms with E-state index in [0.717, 1.165) is 27.9 Å². The maximum absolute atomic E-state index is 11.1. The Bertz CT molecular complexity index is 669. The molecule has 110 valence electrons. The molecule has 4 nitrogen and oxygen atoms in total. The predicted octanol–water partition coefficient (Wildman–Crippen LogP) is 3.63. The van der Waals surface area contributed by atoms with Crippen molar-refractivity contribution in [3.63, 3.8) is 0 Å². The van der Waals surface area contributed by atoms with Crippen molar-refractivity contribution in [2.75, 3.05) is 5.32 Å². The Kier molecular flexibility index (Phi) is 4.17. The highest BCUT2D eigenvalue weighted by atomic mass is 16.4. The monoisotopic (exact) mass is 285 g/mol. The first-order valence-electron chi connectivity index (χ1n) is 6.76. The van der Waals surface area contributed by atoms with Gasteiger partial charge in [-0.25, -0.2) is 4.79 Å². The summed E-state index contributed by atoms with van der Waals surface area (Å²) in [6, 6.07) is 9.03. The van der Waals surface area contributed by atoms with Crippen LogP contribution in [0.25, 0.3) is 0 Å². The van der Waals surface area contributed by atoms with E-state index in [0.29, 0.717) is 17.9 Å². The molecule has 3 N–H and O–H groups in total. The van der Waals surface area contributed by atoms with Crippen molar-refractivity contribution >= 4 is 11.7 Å². The van der Waals surface area contributed by atoms with Crippen molar-refractivity contribution in [2.24, 2.45) is 0 Å². The smallest absolute Gasteiger partial charge is 0.336 e. The molecule has 0 aliphatic carbocycles. The quantitative estimate of drug-likeness (QED) is 0.802. The van der Waals surface area contributed by atoms with E-state index in [1.807, 2.05) is 32.0 Å². The van der Waals surface area contributed by atoms with Gasteiger partial charge in [0, 0.05) is 12.2 Å². The highest BCUT2D eigenvalue weighted by Crippen LogP contribution is 2.24. The molecule has 0 bridgehead atoms. The highest BCUT2D eigenvalue weighted by Gasteiger charge is 2.10. The molecule has 4 heteroatoms. The van der Waals surface area contributed by atoms with Crippen LogP contribution in [-0.4, -0.2) is 16.2 Å². The molecule has 0 radical (unpaired) electrons. The van der Waals surface area contributed by atoms with Gasteiger partial charge in [-0.2, -0.15) is 0 Å². The number of phenols is 1. The lowest BCUT2D eigenvalue weighted by atomic mass is 10.0. The van der Waals surface area contributed by atoms with Gasteiger partial charge in [0.1, 0.15) is 5.75 Å². The molecule has 21 heavy (non-hydrogen) atoms. The molecule has 0 unspecified atom stereocenters. The number of phenolic OH excluding ortho intramolecular Hbond substituents is 1. The van der Waals surface area contributed by atoms with E-state index in [1.165, 1.54) is 0 Å². The number of aryl methyl sites for hydroxylation is 2. The minimum absolute atomic E-state index is 0.304. The van der Waals surface area contributed by atoms with Crippen LogP contribution in [0.2, 0.25) is 0 Å². The molecule has 0 amide bonds. The molecule has 0 heterocycles. The second kappa shape index (κ2) is 5.87. The number of aromatic hydroxyl groups is 1. The third kappa shape index (κ3) is 3.16. The number of rotatable bonds is 4. The van der Waals surface area contributed by atoms with E-state index in [-0.39, 0.29) is 0 Å². The molecule has 2 aromatic rings. The van der Waals surface area contributed by atoms with Crippen molar-refractivity contribution in [1.29, 1.82) is 0 Å². The third-order valence-electron chi connectivity index (χ3n) is 3.60. The van der Waals surface area contributed by atoms with E-state index in [9.17, 15) is 9.90 Å². The van der Waals surface area contributed by atoms with Crippen LogP contribution in [0.1, 0.15) is 32.6 Å². The van der Waals surface area contributed by atoms with Crippen LogP contribution in [-0.2, 0) is 6.54 Å². The Morgan fingerprint density at radius 1 is 1.14 bits per heavy atom. The van der Waals surface area contributed by atoms with E-state index < -0.39 is 5.97 Å². The zero-order chi connectivity index (χ0) is 15.6. The zero-order valence-corrected chi connectivity index (χ0v) is 12.4. The van der Waals surface area contributed by atoms with Crippen molar-refractivity contribution < 1.29 is 15.0 Å². The minimum atomic E-state index is -0.924. The van der Waals surface area contributed by atoms with Gasteiger partial charge in [0.15, 0.2) is 0 Å². The summed E-state index contributed by atoms with van der Waals surface area (Å²) in [6.07, 6.45) is 0. The first kappa shape index (κ1) is 14.9. The molecule has 0 saturated heterocycles. The molecule has 0 aromatic heterocycles. The number of nitrogens with one attached hydrogen (secondary N) is 1. The van der Waals surface area contributed by atoms with Crippen LogP contribution in [0.5, 0.6) is 5.75 Å². The fourth-order valence-electron chi connectivity index (χ4n) is 2.40. The molecule has 0 spiro atoms. The number of carboxylic acid groups (broad SMARTS) is 1. The number of benzene rings is 2. The Labute approximate surface area is 124 Å². The SMILES string of the molecule is Cc1cc(CNc2cccc(C(=O)O)c2C)cc(C)c1O. The second-order valence-corrected chi connectivity index (χ2v) is 5.22. The Morgan fingerprint density at radius 3 is 2.33 bits per heavy atom. The second-order valence-electron chi connectivity index (χ2n) is 5.22. The van der Waals surface area contributed by atoms with E-state index in [2.05, 4.69) is 5.32 Å². The van der Waals surface area contributed by atoms with Gasteiger partial charge in [-0.05, 0) is 55.2 Å². The molecular weight excluding hydrogens is 266 g/mol. The molecule has 0 saturated carbocycles. The minimum Gasteiger partial charge on any atom is -0.507 e. The molecule has 2 rings (SSSR count). The van der Waals surface area contributed by atoms with E-state index in [4.69, 9.17) is 5.11 Å². The molecule has 0 atom stereocenters. The number of hydrogen-bond acceptors (Lipinski definition) is 3. The largest absolute Gasteiger partial charge is 0.507 e. The average molecular weight is 285 g/mol. The van der Waals surface area contributed by atoms with Gasteiger partial charge in [-0.15, -0.1) is 0 Å². The zero-order valence-electron chi connectivity index (χ0n) is 12.4. The van der Waals surface area contributed by atoms with Crippen LogP contribution in [0.15, 0.2) is 30.3 Å². The first-order valence-corrected chi connectivity index (χ1v) is 6.76. The normalized spacial score (nSPS) is 10.4. The summed E-state index contributed by atoms with van der Waals surface area (Å²) in [7, 11) is 0. The molecule has 2 aromatic carbocycles. The van der Waals surface area contributed by atoms with Gasteiger partial charge >= 0.3 is 5.97 Å². The van der Waals surface area contributed by atoms with Crippen LogP contribution in [0, 0.1) is 20.8 Å². The standard InChI is InChI=1S/C17H19NO3/c1-10-7-13(8-11(2)16(10)19)9-18-15-6-4-5-14(12(15)3)17(20)21/h4-8,18-19H,9H2,1-3H3,(H,20,21). The van der Waals surface area contributed by atoms with Gasteiger partial charge in [0.25, 0.3) is 0 Å². The average Bonchev–Trinajstić information content (AvgIpc) is 2.43. The molecule has 0 aliphatic rings. The van der Waals surface area contributed by atoms with Crippen molar-refractivity contribution in [1.82, 2.24) is 0 Å². The highest BCUT2D eigenvalue weighted by molar-refractivity contribution is 5.91. The maximum atomic E-state index is 11.1. The molecule has 0 fully saturated rings. The molecular formula is C17H19NO3. The van der Waals surface area contributed by atoms with Crippen LogP contribution in [0.4, 0.5) is 5.69 Å². The maximum Gasteiger partial charge on any atom is 0.336 e. The third-order valence-corrected chi connectivity index (χ3v) is 3.60. The van der Waals surface area contributed by atoms with Gasteiger partial charge < -0.3 is 15.5 Å². The summed E-state index contributed by atoms with van der Waals surface area (Å²) in [5.41, 5.74) is 4.54. The lowest BCUT2D eigenvalue weighted by molar-refractivity contribution is 0.0696. The summed E-state index contributed by atoms with van der Waals surface area (Å²) in [5, 5.41) is 22.1. The number of aromatic carboxylic acids is 1. The van der Waals surface area contributed by atoms with Crippen LogP contribution in [0.3, 0.4) is 0 Å². The summed E-state index contributed by atoms with van der Waals surface area (Å²) < 4.78 is 0. The number of anilines is 1.